The number of rotatable bonds is 3. The standard InChI is InChI=1S/C14H13N3OS/c15-14(19)17-16-13(10-6-2-1-3-7-10)11-8-4-5-9-12(11)18/h1-9,18H,(H3,15,17,19). The van der Waals surface area contributed by atoms with E-state index >= 15 is 0 Å². The monoisotopic (exact) mass is 271 g/mol. The maximum Gasteiger partial charge on any atom is 0.184 e. The zero-order chi connectivity index (χ0) is 13.7. The molecule has 0 saturated carbocycles. The third-order valence-electron chi connectivity index (χ3n) is 2.48. The molecule has 4 nitrogen and oxygen atoms in total. The predicted octanol–water partition coefficient (Wildman–Crippen LogP) is 1.98. The Bertz CT molecular complexity index is 611. The average Bonchev–Trinajstić information content (AvgIpc) is 2.42. The molecular formula is C14H13N3OS. The topological polar surface area (TPSA) is 70.6 Å². The molecule has 2 aromatic rings. The Kier molecular flexibility index (Phi) is 4.10. The Morgan fingerprint density at radius 1 is 1.05 bits per heavy atom. The Morgan fingerprint density at radius 3 is 2.32 bits per heavy atom. The largest absolute Gasteiger partial charge is 0.507 e. The fourth-order valence-corrected chi connectivity index (χ4v) is 1.71. The fraction of sp³-hybridized carbons (Fsp3) is 0. The third-order valence-corrected chi connectivity index (χ3v) is 2.58. The maximum absolute atomic E-state index is 9.93. The van der Waals surface area contributed by atoms with Gasteiger partial charge in [0.15, 0.2) is 5.11 Å². The molecule has 0 aliphatic carbocycles. The number of phenolic OH excluding ortho intramolecular Hbond substituents is 1. The lowest BCUT2D eigenvalue weighted by molar-refractivity contribution is 0.474. The summed E-state index contributed by atoms with van der Waals surface area (Å²) < 4.78 is 0. The molecule has 0 atom stereocenters. The zero-order valence-corrected chi connectivity index (χ0v) is 10.9. The van der Waals surface area contributed by atoms with Gasteiger partial charge in [-0.1, -0.05) is 42.5 Å². The van der Waals surface area contributed by atoms with Crippen molar-refractivity contribution in [2.45, 2.75) is 0 Å². The molecule has 0 spiro atoms. The normalized spacial score (nSPS) is 11.1. The van der Waals surface area contributed by atoms with Gasteiger partial charge in [-0.25, -0.2) is 0 Å². The smallest absolute Gasteiger partial charge is 0.184 e. The summed E-state index contributed by atoms with van der Waals surface area (Å²) in [5.74, 6) is 0.148. The van der Waals surface area contributed by atoms with E-state index < -0.39 is 0 Å². The molecule has 5 heteroatoms. The van der Waals surface area contributed by atoms with Crippen LogP contribution in [0.1, 0.15) is 11.1 Å². The second-order valence-corrected chi connectivity index (χ2v) is 4.26. The summed E-state index contributed by atoms with van der Waals surface area (Å²) in [7, 11) is 0. The highest BCUT2D eigenvalue weighted by Gasteiger charge is 2.10. The van der Waals surface area contributed by atoms with Gasteiger partial charge in [0, 0.05) is 11.1 Å². The van der Waals surface area contributed by atoms with Gasteiger partial charge in [-0.15, -0.1) is 0 Å². The lowest BCUT2D eigenvalue weighted by Crippen LogP contribution is -2.26. The Labute approximate surface area is 116 Å². The minimum atomic E-state index is 0.0730. The van der Waals surface area contributed by atoms with Crippen molar-refractivity contribution in [1.82, 2.24) is 5.43 Å². The van der Waals surface area contributed by atoms with Crippen LogP contribution in [0.5, 0.6) is 5.75 Å². The number of nitrogens with one attached hydrogen (secondary N) is 1. The van der Waals surface area contributed by atoms with E-state index in [1.54, 1.807) is 18.2 Å². The van der Waals surface area contributed by atoms with Crippen LogP contribution in [0.15, 0.2) is 59.7 Å². The van der Waals surface area contributed by atoms with E-state index in [0.717, 1.165) is 5.56 Å². The summed E-state index contributed by atoms with van der Waals surface area (Å²) in [5.41, 5.74) is 9.98. The van der Waals surface area contributed by atoms with Crippen LogP contribution < -0.4 is 11.2 Å². The molecule has 96 valence electrons. The summed E-state index contributed by atoms with van der Waals surface area (Å²) in [6, 6.07) is 16.5. The van der Waals surface area contributed by atoms with Gasteiger partial charge < -0.3 is 10.8 Å². The first-order valence-electron chi connectivity index (χ1n) is 5.65. The number of nitrogens with zero attached hydrogens (tertiary/aromatic N) is 1. The summed E-state index contributed by atoms with van der Waals surface area (Å²) in [6.07, 6.45) is 0. The molecular weight excluding hydrogens is 258 g/mol. The molecule has 0 aliphatic heterocycles. The lowest BCUT2D eigenvalue weighted by Gasteiger charge is -2.09. The SMILES string of the molecule is NC(=S)NN=C(c1ccccc1)c1ccccc1O. The minimum Gasteiger partial charge on any atom is -0.507 e. The maximum atomic E-state index is 9.93. The van der Waals surface area contributed by atoms with E-state index in [9.17, 15) is 5.11 Å². The molecule has 0 unspecified atom stereocenters. The van der Waals surface area contributed by atoms with Crippen LogP contribution >= 0.6 is 12.2 Å². The van der Waals surface area contributed by atoms with Crippen molar-refractivity contribution >= 4 is 23.0 Å². The van der Waals surface area contributed by atoms with Crippen molar-refractivity contribution in [1.29, 1.82) is 0 Å². The number of hydrazone groups is 1. The summed E-state index contributed by atoms with van der Waals surface area (Å²) in [6.45, 7) is 0. The van der Waals surface area contributed by atoms with Crippen molar-refractivity contribution < 1.29 is 5.11 Å². The number of benzene rings is 2. The van der Waals surface area contributed by atoms with Crippen molar-refractivity contribution in [3.63, 3.8) is 0 Å². The molecule has 4 N–H and O–H groups in total. The van der Waals surface area contributed by atoms with Crippen molar-refractivity contribution in [2.24, 2.45) is 10.8 Å². The number of hydrogen-bond acceptors (Lipinski definition) is 3. The number of aromatic hydroxyl groups is 1. The summed E-state index contributed by atoms with van der Waals surface area (Å²) in [4.78, 5) is 0. The number of nitrogens with two attached hydrogens (primary N) is 1. The van der Waals surface area contributed by atoms with Crippen LogP contribution in [-0.4, -0.2) is 15.9 Å². The number of para-hydroxylation sites is 1. The van der Waals surface area contributed by atoms with E-state index in [-0.39, 0.29) is 10.9 Å². The van der Waals surface area contributed by atoms with Crippen LogP contribution in [-0.2, 0) is 0 Å². The van der Waals surface area contributed by atoms with Gasteiger partial charge in [0.1, 0.15) is 11.5 Å². The van der Waals surface area contributed by atoms with Gasteiger partial charge >= 0.3 is 0 Å². The van der Waals surface area contributed by atoms with Gasteiger partial charge in [-0.3, -0.25) is 5.43 Å². The van der Waals surface area contributed by atoms with Crippen LogP contribution in [0.25, 0.3) is 0 Å². The first-order valence-corrected chi connectivity index (χ1v) is 6.06. The van der Waals surface area contributed by atoms with Crippen LogP contribution in [0.3, 0.4) is 0 Å². The van der Waals surface area contributed by atoms with E-state index in [2.05, 4.69) is 10.5 Å². The molecule has 2 aromatic carbocycles. The van der Waals surface area contributed by atoms with Crippen LogP contribution in [0.4, 0.5) is 0 Å². The highest BCUT2D eigenvalue weighted by atomic mass is 32.1. The highest BCUT2D eigenvalue weighted by Crippen LogP contribution is 2.20. The quantitative estimate of drug-likeness (QED) is 0.453. The van der Waals surface area contributed by atoms with Crippen LogP contribution in [0.2, 0.25) is 0 Å². The number of thiocarbonyl (C=S) groups is 1. The van der Waals surface area contributed by atoms with Crippen molar-refractivity contribution in [3.8, 4) is 5.75 Å². The molecule has 0 aromatic heterocycles. The Balaban J connectivity index is 2.50. The Hall–Kier alpha value is -2.40. The highest BCUT2D eigenvalue weighted by molar-refractivity contribution is 7.80. The molecule has 0 bridgehead atoms. The summed E-state index contributed by atoms with van der Waals surface area (Å²) in [5, 5.41) is 14.2. The van der Waals surface area contributed by atoms with Gasteiger partial charge in [-0.05, 0) is 24.4 Å². The first-order chi connectivity index (χ1) is 9.18. The minimum absolute atomic E-state index is 0.0730. The fourth-order valence-electron chi connectivity index (χ4n) is 1.66. The van der Waals surface area contributed by atoms with Crippen molar-refractivity contribution in [3.05, 3.63) is 65.7 Å². The van der Waals surface area contributed by atoms with Crippen molar-refractivity contribution in [2.75, 3.05) is 0 Å². The van der Waals surface area contributed by atoms with Gasteiger partial charge in [0.2, 0.25) is 0 Å². The van der Waals surface area contributed by atoms with E-state index in [4.69, 9.17) is 18.0 Å². The number of phenols is 1. The third kappa shape index (κ3) is 3.29. The molecule has 19 heavy (non-hydrogen) atoms. The first kappa shape index (κ1) is 13.0. The number of hydrogen-bond donors (Lipinski definition) is 3. The van der Waals surface area contributed by atoms with Gasteiger partial charge in [-0.2, -0.15) is 5.10 Å². The van der Waals surface area contributed by atoms with E-state index in [1.807, 2.05) is 36.4 Å². The van der Waals surface area contributed by atoms with E-state index in [1.165, 1.54) is 0 Å². The Morgan fingerprint density at radius 2 is 1.68 bits per heavy atom. The average molecular weight is 271 g/mol. The molecule has 0 aliphatic rings. The zero-order valence-electron chi connectivity index (χ0n) is 10.1. The molecule has 0 radical (unpaired) electrons. The predicted molar refractivity (Wildman–Crippen MR) is 80.1 cm³/mol. The molecule has 0 heterocycles. The van der Waals surface area contributed by atoms with Gasteiger partial charge in [0.25, 0.3) is 0 Å². The van der Waals surface area contributed by atoms with E-state index in [0.29, 0.717) is 11.3 Å². The second-order valence-electron chi connectivity index (χ2n) is 3.82. The van der Waals surface area contributed by atoms with Gasteiger partial charge in [0.05, 0.1) is 0 Å². The van der Waals surface area contributed by atoms with Crippen LogP contribution in [0, 0.1) is 0 Å². The molecule has 2 rings (SSSR count). The summed E-state index contributed by atoms with van der Waals surface area (Å²) >= 11 is 4.74. The molecule has 0 fully saturated rings. The molecule has 0 saturated heterocycles. The lowest BCUT2D eigenvalue weighted by atomic mass is 10.0. The second kappa shape index (κ2) is 5.97. The molecule has 0 amide bonds.